The van der Waals surface area contributed by atoms with Crippen molar-refractivity contribution in [3.63, 3.8) is 0 Å². The van der Waals surface area contributed by atoms with Gasteiger partial charge in [0.15, 0.2) is 0 Å². The van der Waals surface area contributed by atoms with Crippen molar-refractivity contribution >= 4 is 55.8 Å². The van der Waals surface area contributed by atoms with Crippen LogP contribution in [-0.4, -0.2) is 27.2 Å². The van der Waals surface area contributed by atoms with Gasteiger partial charge in [-0.2, -0.15) is 0 Å². The average molecular weight is 437 g/mol. The van der Waals surface area contributed by atoms with Gasteiger partial charge >= 0.3 is 0 Å². The Morgan fingerprint density at radius 2 is 1.89 bits per heavy atom. The maximum Gasteiger partial charge on any atom is 0.241 e. The molecule has 3 rings (SSSR count). The highest BCUT2D eigenvalue weighted by atomic mass is 35.5. The van der Waals surface area contributed by atoms with Crippen LogP contribution < -0.4 is 15.2 Å². The Balaban J connectivity index is 1.76. The highest BCUT2D eigenvalue weighted by Gasteiger charge is 2.16. The first-order valence-electron chi connectivity index (χ1n) is 8.10. The average Bonchev–Trinajstić information content (AvgIpc) is 2.65. The smallest absolute Gasteiger partial charge is 0.241 e. The van der Waals surface area contributed by atoms with Gasteiger partial charge in [-0.25, -0.2) is 13.6 Å². The Morgan fingerprint density at radius 1 is 1.18 bits per heavy atom. The zero-order chi connectivity index (χ0) is 20.3. The van der Waals surface area contributed by atoms with E-state index in [2.05, 4.69) is 5.32 Å². The number of anilines is 1. The van der Waals surface area contributed by atoms with E-state index in [0.29, 0.717) is 10.7 Å². The molecule has 0 aliphatic carbocycles. The highest BCUT2D eigenvalue weighted by molar-refractivity contribution is 8.00. The molecule has 0 spiro atoms. The molecular weight excluding hydrogens is 420 g/mol. The topological polar surface area (TPSA) is 98.5 Å². The number of carbonyl (C=O) groups excluding carboxylic acids is 1. The van der Waals surface area contributed by atoms with Crippen LogP contribution in [0, 0.1) is 0 Å². The summed E-state index contributed by atoms with van der Waals surface area (Å²) in [6, 6.07) is 15.6. The van der Waals surface area contributed by atoms with Crippen molar-refractivity contribution in [3.8, 4) is 5.75 Å². The van der Waals surface area contributed by atoms with Crippen LogP contribution in [-0.2, 0) is 14.8 Å². The lowest BCUT2D eigenvalue weighted by Crippen LogP contribution is -2.16. The maximum atomic E-state index is 12.3. The van der Waals surface area contributed by atoms with Crippen molar-refractivity contribution in [1.29, 1.82) is 0 Å². The van der Waals surface area contributed by atoms with Crippen LogP contribution in [0.2, 0.25) is 5.02 Å². The predicted octanol–water partition coefficient (Wildman–Crippen LogP) is 3.88. The minimum absolute atomic E-state index is 0.111. The molecule has 0 atom stereocenters. The summed E-state index contributed by atoms with van der Waals surface area (Å²) in [5, 5.41) is 10.4. The third kappa shape index (κ3) is 4.59. The minimum atomic E-state index is -3.98. The second-order valence-corrected chi connectivity index (χ2v) is 8.80. The fourth-order valence-corrected chi connectivity index (χ4v) is 4.67. The van der Waals surface area contributed by atoms with Crippen LogP contribution in [0.1, 0.15) is 0 Å². The van der Waals surface area contributed by atoms with Gasteiger partial charge in [-0.3, -0.25) is 4.79 Å². The van der Waals surface area contributed by atoms with Gasteiger partial charge in [0, 0.05) is 21.0 Å². The van der Waals surface area contributed by atoms with Gasteiger partial charge in [-0.1, -0.05) is 35.9 Å². The summed E-state index contributed by atoms with van der Waals surface area (Å²) in [5.74, 6) is -0.0546. The molecule has 0 aromatic heterocycles. The first kappa shape index (κ1) is 20.5. The third-order valence-electron chi connectivity index (χ3n) is 3.93. The number of amides is 1. The molecule has 1 amide bonds. The second-order valence-electron chi connectivity index (χ2n) is 5.84. The summed E-state index contributed by atoms with van der Waals surface area (Å²) in [7, 11) is -2.64. The van der Waals surface area contributed by atoms with E-state index in [1.165, 1.54) is 31.0 Å². The summed E-state index contributed by atoms with van der Waals surface area (Å²) in [6.07, 6.45) is 0. The van der Waals surface area contributed by atoms with Crippen LogP contribution in [0.25, 0.3) is 10.8 Å². The van der Waals surface area contributed by atoms with E-state index in [1.807, 2.05) is 30.3 Å². The van der Waals surface area contributed by atoms with Gasteiger partial charge < -0.3 is 10.1 Å². The van der Waals surface area contributed by atoms with Crippen LogP contribution in [0.15, 0.2) is 64.4 Å². The van der Waals surface area contributed by atoms with E-state index in [-0.39, 0.29) is 22.3 Å². The number of halogens is 1. The number of nitrogens with one attached hydrogen (secondary N) is 1. The molecule has 0 unspecified atom stereocenters. The number of ether oxygens (including phenoxy) is 1. The molecule has 3 aromatic rings. The largest absolute Gasteiger partial charge is 0.495 e. The zero-order valence-electron chi connectivity index (χ0n) is 14.8. The van der Waals surface area contributed by atoms with Crippen molar-refractivity contribution in [3.05, 3.63) is 59.6 Å². The number of nitrogens with two attached hydrogens (primary N) is 1. The van der Waals surface area contributed by atoms with Crippen LogP contribution in [0.4, 0.5) is 5.69 Å². The van der Waals surface area contributed by atoms with E-state index >= 15 is 0 Å². The minimum Gasteiger partial charge on any atom is -0.495 e. The maximum absolute atomic E-state index is 12.3. The van der Waals surface area contributed by atoms with Gasteiger partial charge in [0.2, 0.25) is 15.9 Å². The fourth-order valence-electron chi connectivity index (χ4n) is 2.70. The molecule has 0 fully saturated rings. The van der Waals surface area contributed by atoms with E-state index in [0.717, 1.165) is 15.7 Å². The number of carbonyl (C=O) groups is 1. The predicted molar refractivity (Wildman–Crippen MR) is 113 cm³/mol. The third-order valence-corrected chi connectivity index (χ3v) is 6.23. The quantitative estimate of drug-likeness (QED) is 0.571. The molecule has 6 nitrogen and oxygen atoms in total. The SMILES string of the molecule is COc1ccc(NC(=O)CSc2cccc3cccc(Cl)c23)cc1S(N)(=O)=O. The lowest BCUT2D eigenvalue weighted by molar-refractivity contribution is -0.113. The molecule has 0 saturated heterocycles. The first-order valence-corrected chi connectivity index (χ1v) is 11.0. The number of fused-ring (bicyclic) bond motifs is 1. The van der Waals surface area contributed by atoms with Gasteiger partial charge in [0.05, 0.1) is 12.9 Å². The lowest BCUT2D eigenvalue weighted by Gasteiger charge is -2.11. The highest BCUT2D eigenvalue weighted by Crippen LogP contribution is 2.33. The number of benzene rings is 3. The molecule has 0 bridgehead atoms. The summed E-state index contributed by atoms with van der Waals surface area (Å²) >= 11 is 7.65. The van der Waals surface area contributed by atoms with E-state index in [1.54, 1.807) is 12.1 Å². The normalized spacial score (nSPS) is 11.4. The van der Waals surface area contributed by atoms with E-state index < -0.39 is 10.0 Å². The van der Waals surface area contributed by atoms with Gasteiger partial charge in [0.25, 0.3) is 0 Å². The van der Waals surface area contributed by atoms with E-state index in [9.17, 15) is 13.2 Å². The Morgan fingerprint density at radius 3 is 2.57 bits per heavy atom. The van der Waals surface area contributed by atoms with Crippen molar-refractivity contribution < 1.29 is 17.9 Å². The van der Waals surface area contributed by atoms with Crippen molar-refractivity contribution in [2.75, 3.05) is 18.2 Å². The summed E-state index contributed by atoms with van der Waals surface area (Å²) in [5.41, 5.74) is 0.311. The number of methoxy groups -OCH3 is 1. The summed E-state index contributed by atoms with van der Waals surface area (Å²) < 4.78 is 28.4. The molecule has 28 heavy (non-hydrogen) atoms. The van der Waals surface area contributed by atoms with Gasteiger partial charge in [-0.05, 0) is 35.7 Å². The monoisotopic (exact) mass is 436 g/mol. The molecule has 0 aliphatic rings. The van der Waals surface area contributed by atoms with Crippen LogP contribution in [0.3, 0.4) is 0 Å². The number of hydrogen-bond acceptors (Lipinski definition) is 5. The number of primary sulfonamides is 1. The summed E-state index contributed by atoms with van der Waals surface area (Å²) in [4.78, 5) is 13.0. The zero-order valence-corrected chi connectivity index (χ0v) is 17.2. The number of rotatable bonds is 6. The number of hydrogen-bond donors (Lipinski definition) is 2. The van der Waals surface area contributed by atoms with Crippen LogP contribution >= 0.6 is 23.4 Å². The second kappa shape index (κ2) is 8.40. The molecule has 9 heteroatoms. The van der Waals surface area contributed by atoms with Gasteiger partial charge in [0.1, 0.15) is 10.6 Å². The Bertz CT molecular complexity index is 1140. The molecular formula is C19H17ClN2O4S2. The first-order chi connectivity index (χ1) is 13.3. The Labute approximate surface area is 172 Å². The van der Waals surface area contributed by atoms with Crippen molar-refractivity contribution in [1.82, 2.24) is 0 Å². The van der Waals surface area contributed by atoms with Gasteiger partial charge in [-0.15, -0.1) is 11.8 Å². The van der Waals surface area contributed by atoms with E-state index in [4.69, 9.17) is 21.5 Å². The van der Waals surface area contributed by atoms with Crippen molar-refractivity contribution in [2.24, 2.45) is 5.14 Å². The fraction of sp³-hybridized carbons (Fsp3) is 0.105. The van der Waals surface area contributed by atoms with Crippen LogP contribution in [0.5, 0.6) is 5.75 Å². The molecule has 0 heterocycles. The standard InChI is InChI=1S/C19H17ClN2O4S2/c1-26-15-9-8-13(10-17(15)28(21,24)25)22-18(23)11-27-16-7-3-5-12-4-2-6-14(20)19(12)16/h2-10H,11H2,1H3,(H,22,23)(H2,21,24,25). The molecule has 0 aliphatic heterocycles. The number of thioether (sulfide) groups is 1. The molecule has 3 N–H and O–H groups in total. The Hall–Kier alpha value is -2.26. The molecule has 3 aromatic carbocycles. The molecule has 146 valence electrons. The number of sulfonamides is 1. The Kier molecular flexibility index (Phi) is 6.14. The lowest BCUT2D eigenvalue weighted by atomic mass is 10.1. The summed E-state index contributed by atoms with van der Waals surface area (Å²) in [6.45, 7) is 0. The molecule has 0 radical (unpaired) electrons. The molecule has 0 saturated carbocycles. The van der Waals surface area contributed by atoms with Crippen molar-refractivity contribution in [2.45, 2.75) is 9.79 Å².